The summed E-state index contributed by atoms with van der Waals surface area (Å²) in [5.41, 5.74) is 2.09. The minimum absolute atomic E-state index is 0.0424. The maximum atomic E-state index is 13.5. The predicted molar refractivity (Wildman–Crippen MR) is 151 cm³/mol. The number of nitrogens with zero attached hydrogens (tertiary/aromatic N) is 1. The molecule has 208 valence electrons. The van der Waals surface area contributed by atoms with Gasteiger partial charge in [0.2, 0.25) is 0 Å². The van der Waals surface area contributed by atoms with Crippen molar-refractivity contribution >= 4 is 29.3 Å². The van der Waals surface area contributed by atoms with Crippen LogP contribution in [0.4, 0.5) is 10.5 Å². The maximum Gasteiger partial charge on any atom is 0.319 e. The van der Waals surface area contributed by atoms with Gasteiger partial charge in [0.25, 0.3) is 5.56 Å². The van der Waals surface area contributed by atoms with Crippen molar-refractivity contribution in [2.24, 2.45) is 0 Å². The number of ether oxygens (including phenoxy) is 1. The Balaban J connectivity index is 1.96. The van der Waals surface area contributed by atoms with E-state index in [0.717, 1.165) is 5.56 Å². The molecule has 2 aromatic carbocycles. The standard InChI is InChI=1S/C29H34ClN3O6/c1-6-39-24-12-8-11-22(30)21(24)15-33-18(5)17(4)27(36)26(28(33)37)32-29(38)31-23(14-25(34)35)20-10-7-9-19(13-20)16(2)3/h7-13,16,23,36H,6,14-15H2,1-5H3,(H,34,35)(H2,31,32,38). The van der Waals surface area contributed by atoms with Gasteiger partial charge >= 0.3 is 12.0 Å². The number of anilines is 1. The molecular formula is C29H34ClN3O6. The molecule has 0 saturated heterocycles. The first-order chi connectivity index (χ1) is 18.4. The Morgan fingerprint density at radius 2 is 1.77 bits per heavy atom. The number of aliphatic carboxylic acids is 1. The molecule has 0 aliphatic heterocycles. The van der Waals surface area contributed by atoms with E-state index in [1.807, 2.05) is 32.9 Å². The SMILES string of the molecule is CCOc1cccc(Cl)c1Cn1c(C)c(C)c(O)c(NC(=O)NC(CC(=O)O)c2cccc(C(C)C)c2)c1=O. The summed E-state index contributed by atoms with van der Waals surface area (Å²) in [7, 11) is 0. The summed E-state index contributed by atoms with van der Waals surface area (Å²) in [4.78, 5) is 38.1. The van der Waals surface area contributed by atoms with Gasteiger partial charge in [-0.3, -0.25) is 9.59 Å². The minimum Gasteiger partial charge on any atom is -0.505 e. The Bertz CT molecular complexity index is 1430. The lowest BCUT2D eigenvalue weighted by molar-refractivity contribution is -0.137. The molecule has 1 atom stereocenters. The van der Waals surface area contributed by atoms with Crippen LogP contribution in [0.3, 0.4) is 0 Å². The number of hydrogen-bond donors (Lipinski definition) is 4. The van der Waals surface area contributed by atoms with Gasteiger partial charge in [0, 0.05) is 21.8 Å². The maximum absolute atomic E-state index is 13.5. The smallest absolute Gasteiger partial charge is 0.319 e. The van der Waals surface area contributed by atoms with Crippen LogP contribution < -0.4 is 20.9 Å². The Kier molecular flexibility index (Phi) is 9.64. The lowest BCUT2D eigenvalue weighted by Crippen LogP contribution is -2.37. The average Bonchev–Trinajstić information content (AvgIpc) is 2.89. The molecule has 0 fully saturated rings. The van der Waals surface area contributed by atoms with E-state index in [-0.39, 0.29) is 30.3 Å². The molecule has 2 amide bonds. The van der Waals surface area contributed by atoms with Crippen LogP contribution in [0.2, 0.25) is 5.02 Å². The molecule has 39 heavy (non-hydrogen) atoms. The van der Waals surface area contributed by atoms with Gasteiger partial charge in [-0.1, -0.05) is 55.8 Å². The number of hydrogen-bond acceptors (Lipinski definition) is 5. The third-order valence-corrected chi connectivity index (χ3v) is 6.95. The summed E-state index contributed by atoms with van der Waals surface area (Å²) < 4.78 is 7.08. The molecule has 0 aliphatic rings. The minimum atomic E-state index is -1.10. The number of carboxylic acid groups (broad SMARTS) is 1. The second-order valence-corrected chi connectivity index (χ2v) is 9.96. The Morgan fingerprint density at radius 3 is 2.41 bits per heavy atom. The molecule has 0 spiro atoms. The molecule has 0 bridgehead atoms. The quantitative estimate of drug-likeness (QED) is 0.253. The fourth-order valence-corrected chi connectivity index (χ4v) is 4.49. The molecule has 10 heteroatoms. The monoisotopic (exact) mass is 555 g/mol. The molecule has 0 saturated carbocycles. The Labute approximate surface area is 232 Å². The predicted octanol–water partition coefficient (Wildman–Crippen LogP) is 5.73. The van der Waals surface area contributed by atoms with E-state index in [9.17, 15) is 24.6 Å². The summed E-state index contributed by atoms with van der Waals surface area (Å²) in [6.07, 6.45) is -0.370. The Morgan fingerprint density at radius 1 is 1.10 bits per heavy atom. The second-order valence-electron chi connectivity index (χ2n) is 9.55. The first kappa shape index (κ1) is 29.6. The second kappa shape index (κ2) is 12.7. The van der Waals surface area contributed by atoms with E-state index in [1.165, 1.54) is 4.57 Å². The van der Waals surface area contributed by atoms with Gasteiger partial charge in [-0.2, -0.15) is 0 Å². The van der Waals surface area contributed by atoms with E-state index in [0.29, 0.717) is 39.8 Å². The number of aromatic hydroxyl groups is 1. The van der Waals surface area contributed by atoms with Gasteiger partial charge in [-0.05, 0) is 49.9 Å². The van der Waals surface area contributed by atoms with Crippen molar-refractivity contribution in [1.29, 1.82) is 0 Å². The fraction of sp³-hybridized carbons (Fsp3) is 0.345. The van der Waals surface area contributed by atoms with Crippen LogP contribution in [0.1, 0.15) is 67.1 Å². The van der Waals surface area contributed by atoms with Crippen LogP contribution in [-0.4, -0.2) is 33.4 Å². The number of benzene rings is 2. The topological polar surface area (TPSA) is 130 Å². The molecule has 0 aliphatic carbocycles. The zero-order chi connectivity index (χ0) is 28.9. The number of amides is 2. The van der Waals surface area contributed by atoms with Gasteiger partial charge in [-0.25, -0.2) is 4.79 Å². The third-order valence-electron chi connectivity index (χ3n) is 6.59. The van der Waals surface area contributed by atoms with Crippen LogP contribution in [0.25, 0.3) is 0 Å². The molecule has 0 radical (unpaired) electrons. The third kappa shape index (κ3) is 6.92. The summed E-state index contributed by atoms with van der Waals surface area (Å²) in [6, 6.07) is 10.8. The number of urea groups is 1. The highest BCUT2D eigenvalue weighted by Gasteiger charge is 2.23. The van der Waals surface area contributed by atoms with Crippen molar-refractivity contribution in [3.8, 4) is 11.5 Å². The summed E-state index contributed by atoms with van der Waals surface area (Å²) >= 11 is 6.43. The lowest BCUT2D eigenvalue weighted by atomic mass is 9.96. The van der Waals surface area contributed by atoms with Crippen molar-refractivity contribution in [3.63, 3.8) is 0 Å². The van der Waals surface area contributed by atoms with Gasteiger partial charge in [-0.15, -0.1) is 0 Å². The number of nitrogens with one attached hydrogen (secondary N) is 2. The highest BCUT2D eigenvalue weighted by molar-refractivity contribution is 6.31. The van der Waals surface area contributed by atoms with Crippen LogP contribution in [0.5, 0.6) is 11.5 Å². The van der Waals surface area contributed by atoms with Crippen molar-refractivity contribution in [2.45, 2.75) is 59.5 Å². The Hall–Kier alpha value is -3.98. The van der Waals surface area contributed by atoms with Crippen molar-refractivity contribution in [3.05, 3.63) is 85.8 Å². The van der Waals surface area contributed by atoms with E-state index >= 15 is 0 Å². The number of pyridine rings is 1. The average molecular weight is 556 g/mol. The van der Waals surface area contributed by atoms with Crippen LogP contribution >= 0.6 is 11.6 Å². The zero-order valence-electron chi connectivity index (χ0n) is 22.7. The largest absolute Gasteiger partial charge is 0.505 e. The van der Waals surface area contributed by atoms with Crippen LogP contribution in [0.15, 0.2) is 47.3 Å². The normalized spacial score (nSPS) is 11.8. The number of aromatic nitrogens is 1. The van der Waals surface area contributed by atoms with Crippen molar-refractivity contribution in [2.75, 3.05) is 11.9 Å². The molecule has 1 unspecified atom stereocenters. The number of halogens is 1. The number of carboxylic acids is 1. The zero-order valence-corrected chi connectivity index (χ0v) is 23.4. The molecule has 3 rings (SSSR count). The van der Waals surface area contributed by atoms with Gasteiger partial charge in [0.15, 0.2) is 5.69 Å². The van der Waals surface area contributed by atoms with E-state index in [4.69, 9.17) is 16.3 Å². The molecular weight excluding hydrogens is 522 g/mol. The summed E-state index contributed by atoms with van der Waals surface area (Å²) in [5, 5.41) is 25.7. The van der Waals surface area contributed by atoms with Crippen LogP contribution in [-0.2, 0) is 11.3 Å². The number of carbonyl (C=O) groups excluding carboxylic acids is 1. The van der Waals surface area contributed by atoms with E-state index < -0.39 is 23.6 Å². The summed E-state index contributed by atoms with van der Waals surface area (Å²) in [5.74, 6) is -0.743. The van der Waals surface area contributed by atoms with Gasteiger partial charge in [0.1, 0.15) is 11.5 Å². The molecule has 1 heterocycles. The van der Waals surface area contributed by atoms with E-state index in [1.54, 1.807) is 44.2 Å². The number of rotatable bonds is 10. The first-order valence-corrected chi connectivity index (χ1v) is 13.0. The number of carbonyl (C=O) groups is 2. The summed E-state index contributed by atoms with van der Waals surface area (Å²) in [6.45, 7) is 9.62. The lowest BCUT2D eigenvalue weighted by Gasteiger charge is -2.21. The molecule has 1 aromatic heterocycles. The molecule has 3 aromatic rings. The first-order valence-electron chi connectivity index (χ1n) is 12.7. The van der Waals surface area contributed by atoms with Crippen molar-refractivity contribution in [1.82, 2.24) is 9.88 Å². The van der Waals surface area contributed by atoms with Gasteiger partial charge in [0.05, 0.1) is 25.6 Å². The van der Waals surface area contributed by atoms with Crippen molar-refractivity contribution < 1.29 is 24.5 Å². The van der Waals surface area contributed by atoms with E-state index in [2.05, 4.69) is 10.6 Å². The highest BCUT2D eigenvalue weighted by atomic mass is 35.5. The molecule has 9 nitrogen and oxygen atoms in total. The fourth-order valence-electron chi connectivity index (χ4n) is 4.26. The van der Waals surface area contributed by atoms with Gasteiger partial charge < -0.3 is 30.2 Å². The molecule has 4 N–H and O–H groups in total. The van der Waals surface area contributed by atoms with Crippen LogP contribution in [0, 0.1) is 13.8 Å². The highest BCUT2D eigenvalue weighted by Crippen LogP contribution is 2.31.